The van der Waals surface area contributed by atoms with E-state index in [9.17, 15) is 4.79 Å². The van der Waals surface area contributed by atoms with E-state index in [-0.39, 0.29) is 0 Å². The largest absolute Gasteiger partial charge is 0.296 e. The van der Waals surface area contributed by atoms with Gasteiger partial charge in [-0.2, -0.15) is 5.10 Å². The monoisotopic (exact) mass is 138 g/mol. The van der Waals surface area contributed by atoms with E-state index in [1.807, 2.05) is 13.8 Å². The molecule has 3 nitrogen and oxygen atoms in total. The van der Waals surface area contributed by atoms with Crippen LogP contribution in [0.1, 0.15) is 23.1 Å². The first-order chi connectivity index (χ1) is 4.77. The number of carbonyl (C=O) groups is 1. The van der Waals surface area contributed by atoms with E-state index >= 15 is 0 Å². The van der Waals surface area contributed by atoms with Crippen LogP contribution in [0, 0.1) is 6.92 Å². The number of aryl methyl sites for hydroxylation is 2. The summed E-state index contributed by atoms with van der Waals surface area (Å²) in [6, 6.07) is 1.77. The number of carbonyl (C=O) groups excluding carboxylic acids is 1. The van der Waals surface area contributed by atoms with Crippen LogP contribution in [-0.2, 0) is 6.54 Å². The molecule has 0 fully saturated rings. The number of aldehydes is 1. The van der Waals surface area contributed by atoms with Crippen LogP contribution in [0.5, 0.6) is 0 Å². The predicted molar refractivity (Wildman–Crippen MR) is 38.0 cm³/mol. The highest BCUT2D eigenvalue weighted by molar-refractivity contribution is 5.72. The van der Waals surface area contributed by atoms with Gasteiger partial charge < -0.3 is 0 Å². The maximum atomic E-state index is 10.3. The lowest BCUT2D eigenvalue weighted by Gasteiger charge is -1.94. The topological polar surface area (TPSA) is 34.9 Å². The van der Waals surface area contributed by atoms with Crippen molar-refractivity contribution in [3.63, 3.8) is 0 Å². The Hall–Kier alpha value is -1.12. The van der Waals surface area contributed by atoms with Crippen LogP contribution in [0.25, 0.3) is 0 Å². The van der Waals surface area contributed by atoms with E-state index < -0.39 is 0 Å². The molecule has 0 aliphatic heterocycles. The number of aromatic nitrogens is 2. The van der Waals surface area contributed by atoms with Gasteiger partial charge in [-0.15, -0.1) is 0 Å². The van der Waals surface area contributed by atoms with Gasteiger partial charge in [-0.3, -0.25) is 9.48 Å². The second-order valence-electron chi connectivity index (χ2n) is 2.14. The summed E-state index contributed by atoms with van der Waals surface area (Å²) in [6.45, 7) is 4.58. The summed E-state index contributed by atoms with van der Waals surface area (Å²) in [5.74, 6) is 0. The van der Waals surface area contributed by atoms with Gasteiger partial charge in [0, 0.05) is 6.54 Å². The van der Waals surface area contributed by atoms with E-state index in [4.69, 9.17) is 0 Å². The molecule has 0 aliphatic rings. The molecule has 0 spiro atoms. The molecule has 10 heavy (non-hydrogen) atoms. The van der Waals surface area contributed by atoms with Crippen LogP contribution in [0.4, 0.5) is 0 Å². The third-order valence-corrected chi connectivity index (χ3v) is 1.35. The zero-order valence-corrected chi connectivity index (χ0v) is 6.16. The van der Waals surface area contributed by atoms with Gasteiger partial charge in [0.25, 0.3) is 0 Å². The van der Waals surface area contributed by atoms with Crippen molar-refractivity contribution in [2.75, 3.05) is 0 Å². The minimum atomic E-state index is 0.653. The Kier molecular flexibility index (Phi) is 1.85. The van der Waals surface area contributed by atoms with Crippen molar-refractivity contribution in [1.82, 2.24) is 9.78 Å². The quantitative estimate of drug-likeness (QED) is 0.572. The normalized spacial score (nSPS) is 9.80. The molecule has 0 saturated carbocycles. The summed E-state index contributed by atoms with van der Waals surface area (Å²) in [6.07, 6.45) is 0.823. The Morgan fingerprint density at radius 3 is 2.90 bits per heavy atom. The van der Waals surface area contributed by atoms with Gasteiger partial charge in [0.05, 0.1) is 5.69 Å². The third-order valence-electron chi connectivity index (χ3n) is 1.35. The SMILES string of the molecule is CCn1nc(C)cc1C=O. The minimum Gasteiger partial charge on any atom is -0.296 e. The highest BCUT2D eigenvalue weighted by Gasteiger charge is 1.99. The molecule has 0 bridgehead atoms. The van der Waals surface area contributed by atoms with E-state index in [0.29, 0.717) is 5.69 Å². The summed E-state index contributed by atoms with van der Waals surface area (Å²) < 4.78 is 1.68. The van der Waals surface area contributed by atoms with Crippen molar-refractivity contribution in [2.24, 2.45) is 0 Å². The summed E-state index contributed by atoms with van der Waals surface area (Å²) in [4.78, 5) is 10.3. The number of hydrogen-bond donors (Lipinski definition) is 0. The second kappa shape index (κ2) is 2.64. The Bertz CT molecular complexity index is 240. The maximum absolute atomic E-state index is 10.3. The van der Waals surface area contributed by atoms with Crippen LogP contribution in [-0.4, -0.2) is 16.1 Å². The van der Waals surface area contributed by atoms with Gasteiger partial charge >= 0.3 is 0 Å². The third kappa shape index (κ3) is 1.07. The molecule has 1 aromatic rings. The predicted octanol–water partition coefficient (Wildman–Crippen LogP) is 1.02. The lowest BCUT2D eigenvalue weighted by molar-refractivity contribution is 0.111. The minimum absolute atomic E-state index is 0.653. The molecule has 1 aromatic heterocycles. The lowest BCUT2D eigenvalue weighted by atomic mass is 10.4. The van der Waals surface area contributed by atoms with Crippen molar-refractivity contribution in [3.05, 3.63) is 17.5 Å². The van der Waals surface area contributed by atoms with Crippen molar-refractivity contribution < 1.29 is 4.79 Å². The van der Waals surface area contributed by atoms with E-state index in [1.54, 1.807) is 10.7 Å². The van der Waals surface area contributed by atoms with E-state index in [0.717, 1.165) is 18.5 Å². The first kappa shape index (κ1) is 6.99. The zero-order valence-electron chi connectivity index (χ0n) is 6.16. The van der Waals surface area contributed by atoms with Crippen LogP contribution < -0.4 is 0 Å². The molecule has 0 atom stereocenters. The smallest absolute Gasteiger partial charge is 0.168 e. The Labute approximate surface area is 59.7 Å². The molecule has 0 aliphatic carbocycles. The highest BCUT2D eigenvalue weighted by Crippen LogP contribution is 1.99. The fraction of sp³-hybridized carbons (Fsp3) is 0.429. The Morgan fingerprint density at radius 2 is 2.50 bits per heavy atom. The Balaban J connectivity index is 3.08. The molecule has 1 rings (SSSR count). The summed E-state index contributed by atoms with van der Waals surface area (Å²) in [5, 5.41) is 4.09. The second-order valence-corrected chi connectivity index (χ2v) is 2.14. The van der Waals surface area contributed by atoms with Crippen LogP contribution in [0.3, 0.4) is 0 Å². The fourth-order valence-corrected chi connectivity index (χ4v) is 0.914. The average molecular weight is 138 g/mol. The summed E-state index contributed by atoms with van der Waals surface area (Å²) in [7, 11) is 0. The summed E-state index contributed by atoms with van der Waals surface area (Å²) in [5.41, 5.74) is 1.55. The molecule has 0 unspecified atom stereocenters. The molecular weight excluding hydrogens is 128 g/mol. The number of rotatable bonds is 2. The molecule has 0 aromatic carbocycles. The van der Waals surface area contributed by atoms with Crippen molar-refractivity contribution >= 4 is 6.29 Å². The Morgan fingerprint density at radius 1 is 1.80 bits per heavy atom. The van der Waals surface area contributed by atoms with Gasteiger partial charge in [0.2, 0.25) is 0 Å². The van der Waals surface area contributed by atoms with Gasteiger partial charge in [-0.1, -0.05) is 0 Å². The highest BCUT2D eigenvalue weighted by atomic mass is 16.1. The first-order valence-electron chi connectivity index (χ1n) is 3.27. The lowest BCUT2D eigenvalue weighted by Crippen LogP contribution is -2.00. The van der Waals surface area contributed by atoms with Gasteiger partial charge in [-0.05, 0) is 19.9 Å². The first-order valence-corrected chi connectivity index (χ1v) is 3.27. The molecule has 0 amide bonds. The van der Waals surface area contributed by atoms with Crippen molar-refractivity contribution in [2.45, 2.75) is 20.4 Å². The van der Waals surface area contributed by atoms with E-state index in [1.165, 1.54) is 0 Å². The van der Waals surface area contributed by atoms with Crippen LogP contribution in [0.15, 0.2) is 6.07 Å². The fourth-order valence-electron chi connectivity index (χ4n) is 0.914. The number of hydrogen-bond acceptors (Lipinski definition) is 2. The molecule has 0 saturated heterocycles. The standard InChI is InChI=1S/C7H10N2O/c1-3-9-7(5-10)4-6(2)8-9/h4-5H,3H2,1-2H3. The van der Waals surface area contributed by atoms with Gasteiger partial charge in [-0.25, -0.2) is 0 Å². The van der Waals surface area contributed by atoms with Gasteiger partial charge in [0.1, 0.15) is 5.69 Å². The van der Waals surface area contributed by atoms with Gasteiger partial charge in [0.15, 0.2) is 6.29 Å². The van der Waals surface area contributed by atoms with Crippen molar-refractivity contribution in [3.8, 4) is 0 Å². The van der Waals surface area contributed by atoms with E-state index in [2.05, 4.69) is 5.10 Å². The molecule has 3 heteroatoms. The maximum Gasteiger partial charge on any atom is 0.168 e. The van der Waals surface area contributed by atoms with Crippen LogP contribution in [0.2, 0.25) is 0 Å². The number of nitrogens with zero attached hydrogens (tertiary/aromatic N) is 2. The average Bonchev–Trinajstić information content (AvgIpc) is 2.30. The molecule has 1 heterocycles. The molecular formula is C7H10N2O. The molecule has 54 valence electrons. The molecule has 0 N–H and O–H groups in total. The van der Waals surface area contributed by atoms with Crippen LogP contribution >= 0.6 is 0 Å². The van der Waals surface area contributed by atoms with Crippen molar-refractivity contribution in [1.29, 1.82) is 0 Å². The zero-order chi connectivity index (χ0) is 7.56. The molecule has 0 radical (unpaired) electrons. The summed E-state index contributed by atoms with van der Waals surface area (Å²) >= 11 is 0.